The molecule has 0 bridgehead atoms. The van der Waals surface area contributed by atoms with E-state index >= 15 is 0 Å². The maximum absolute atomic E-state index is 11.7. The molecule has 0 spiro atoms. The van der Waals surface area contributed by atoms with Crippen LogP contribution in [-0.4, -0.2) is 30.9 Å². The molecule has 126 valence electrons. The summed E-state index contributed by atoms with van der Waals surface area (Å²) < 4.78 is 5.23. The number of hydrogen-bond acceptors (Lipinski definition) is 5. The molecule has 1 aromatic rings. The number of amides is 2. The summed E-state index contributed by atoms with van der Waals surface area (Å²) in [6.45, 7) is 1.77. The van der Waals surface area contributed by atoms with E-state index < -0.39 is 0 Å². The fourth-order valence-corrected chi connectivity index (χ4v) is 2.26. The van der Waals surface area contributed by atoms with E-state index in [-0.39, 0.29) is 24.2 Å². The second-order valence-electron chi connectivity index (χ2n) is 5.23. The first kappa shape index (κ1) is 17.4. The standard InChI is InChI=1S/C17H20N4O3/c1-12-14(17(23)21-19-12)9-10-16(22)20-18-11-5-7-13-6-3-4-8-15(13)24-2/h3-8,11,14H,9-10H2,1-2H3,(H,20,22)(H,21,23)/b7-5+,18-11-/t14-/m1/s1. The highest BCUT2D eigenvalue weighted by atomic mass is 16.5. The average molecular weight is 328 g/mol. The van der Waals surface area contributed by atoms with Crippen LogP contribution < -0.4 is 15.6 Å². The Hall–Kier alpha value is -2.96. The average Bonchev–Trinajstić information content (AvgIpc) is 2.91. The molecule has 24 heavy (non-hydrogen) atoms. The van der Waals surface area contributed by atoms with Gasteiger partial charge < -0.3 is 4.74 Å². The highest BCUT2D eigenvalue weighted by Gasteiger charge is 2.26. The van der Waals surface area contributed by atoms with E-state index in [1.165, 1.54) is 6.21 Å². The molecule has 0 unspecified atom stereocenters. The molecular formula is C17H20N4O3. The minimum Gasteiger partial charge on any atom is -0.496 e. The lowest BCUT2D eigenvalue weighted by Gasteiger charge is -2.06. The predicted octanol–water partition coefficient (Wildman–Crippen LogP) is 1.71. The second kappa shape index (κ2) is 8.61. The van der Waals surface area contributed by atoms with Crippen molar-refractivity contribution in [3.8, 4) is 5.75 Å². The summed E-state index contributed by atoms with van der Waals surface area (Å²) >= 11 is 0. The van der Waals surface area contributed by atoms with Crippen molar-refractivity contribution >= 4 is 29.8 Å². The minimum absolute atomic E-state index is 0.163. The number of carbonyl (C=O) groups excluding carboxylic acids is 2. The second-order valence-corrected chi connectivity index (χ2v) is 5.23. The van der Waals surface area contributed by atoms with E-state index in [1.54, 1.807) is 20.1 Å². The normalized spacial score (nSPS) is 17.2. The van der Waals surface area contributed by atoms with Gasteiger partial charge in [0.15, 0.2) is 0 Å². The molecule has 0 radical (unpaired) electrons. The van der Waals surface area contributed by atoms with E-state index in [0.717, 1.165) is 11.3 Å². The first-order valence-corrected chi connectivity index (χ1v) is 7.57. The van der Waals surface area contributed by atoms with E-state index in [2.05, 4.69) is 21.1 Å². The van der Waals surface area contributed by atoms with Crippen molar-refractivity contribution in [2.75, 3.05) is 7.11 Å². The van der Waals surface area contributed by atoms with Gasteiger partial charge in [0.05, 0.1) is 13.0 Å². The van der Waals surface area contributed by atoms with Crippen LogP contribution in [0.4, 0.5) is 0 Å². The Balaban J connectivity index is 1.75. The fraction of sp³-hybridized carbons (Fsp3) is 0.294. The first-order valence-electron chi connectivity index (χ1n) is 7.57. The fourth-order valence-electron chi connectivity index (χ4n) is 2.26. The molecule has 0 saturated carbocycles. The van der Waals surface area contributed by atoms with Crippen LogP contribution in [0.3, 0.4) is 0 Å². The molecule has 1 aliphatic rings. The van der Waals surface area contributed by atoms with E-state index in [1.807, 2.05) is 30.3 Å². The van der Waals surface area contributed by atoms with Gasteiger partial charge in [-0.3, -0.25) is 9.59 Å². The molecule has 1 aliphatic heterocycles. The lowest BCUT2D eigenvalue weighted by atomic mass is 9.99. The Morgan fingerprint density at radius 2 is 2.25 bits per heavy atom. The van der Waals surface area contributed by atoms with Gasteiger partial charge in [0, 0.05) is 23.9 Å². The molecule has 0 saturated heterocycles. The number of methoxy groups -OCH3 is 1. The maximum Gasteiger partial charge on any atom is 0.248 e. The van der Waals surface area contributed by atoms with Crippen molar-refractivity contribution in [1.82, 2.24) is 10.9 Å². The SMILES string of the molecule is COc1ccccc1/C=C/C=N\NC(=O)CC[C@H]1C(=O)NN=C1C. The first-order chi connectivity index (χ1) is 11.6. The number of nitrogens with one attached hydrogen (secondary N) is 2. The smallest absolute Gasteiger partial charge is 0.248 e. The van der Waals surface area contributed by atoms with Crippen LogP contribution in [-0.2, 0) is 9.59 Å². The van der Waals surface area contributed by atoms with Crippen LogP contribution in [0.2, 0.25) is 0 Å². The van der Waals surface area contributed by atoms with Gasteiger partial charge >= 0.3 is 0 Å². The van der Waals surface area contributed by atoms with Crippen LogP contribution in [0.15, 0.2) is 40.5 Å². The van der Waals surface area contributed by atoms with Gasteiger partial charge in [0.25, 0.3) is 0 Å². The van der Waals surface area contributed by atoms with E-state index in [4.69, 9.17) is 4.74 Å². The van der Waals surface area contributed by atoms with Crippen LogP contribution in [0.5, 0.6) is 5.75 Å². The molecule has 2 amide bonds. The molecule has 1 heterocycles. The number of benzene rings is 1. The van der Waals surface area contributed by atoms with Crippen molar-refractivity contribution < 1.29 is 14.3 Å². The van der Waals surface area contributed by atoms with Crippen molar-refractivity contribution in [2.45, 2.75) is 19.8 Å². The summed E-state index contributed by atoms with van der Waals surface area (Å²) in [6, 6.07) is 7.58. The van der Waals surface area contributed by atoms with Crippen molar-refractivity contribution in [3.63, 3.8) is 0 Å². The van der Waals surface area contributed by atoms with Crippen LogP contribution in [0.1, 0.15) is 25.3 Å². The third-order valence-corrected chi connectivity index (χ3v) is 3.59. The molecule has 0 fully saturated rings. The number of hydrogen-bond donors (Lipinski definition) is 2. The lowest BCUT2D eigenvalue weighted by molar-refractivity contribution is -0.123. The van der Waals surface area contributed by atoms with Gasteiger partial charge in [-0.25, -0.2) is 10.9 Å². The quantitative estimate of drug-likeness (QED) is 0.589. The summed E-state index contributed by atoms with van der Waals surface area (Å²) in [4.78, 5) is 23.2. The summed E-state index contributed by atoms with van der Waals surface area (Å²) in [7, 11) is 1.61. The van der Waals surface area contributed by atoms with Crippen molar-refractivity contribution in [1.29, 1.82) is 0 Å². The Morgan fingerprint density at radius 1 is 1.46 bits per heavy atom. The molecule has 0 aromatic heterocycles. The largest absolute Gasteiger partial charge is 0.496 e. The summed E-state index contributed by atoms with van der Waals surface area (Å²) in [5, 5.41) is 7.68. The van der Waals surface area contributed by atoms with Crippen LogP contribution in [0, 0.1) is 5.92 Å². The van der Waals surface area contributed by atoms with Gasteiger partial charge in [-0.05, 0) is 31.6 Å². The van der Waals surface area contributed by atoms with Crippen LogP contribution >= 0.6 is 0 Å². The van der Waals surface area contributed by atoms with E-state index in [0.29, 0.717) is 12.1 Å². The monoisotopic (exact) mass is 328 g/mol. The van der Waals surface area contributed by atoms with Crippen LogP contribution in [0.25, 0.3) is 6.08 Å². The summed E-state index contributed by atoms with van der Waals surface area (Å²) in [5.74, 6) is 0.0243. The molecule has 2 rings (SSSR count). The highest BCUT2D eigenvalue weighted by molar-refractivity contribution is 6.07. The molecule has 0 aliphatic carbocycles. The number of hydrazone groups is 2. The molecule has 7 nitrogen and oxygen atoms in total. The Labute approximate surface area is 140 Å². The number of carbonyl (C=O) groups is 2. The number of nitrogens with zero attached hydrogens (tertiary/aromatic N) is 2. The zero-order valence-electron chi connectivity index (χ0n) is 13.7. The summed E-state index contributed by atoms with van der Waals surface area (Å²) in [6.07, 6.45) is 5.65. The Morgan fingerprint density at radius 3 is 2.96 bits per heavy atom. The van der Waals surface area contributed by atoms with Gasteiger partial charge in [0.1, 0.15) is 5.75 Å². The van der Waals surface area contributed by atoms with E-state index in [9.17, 15) is 9.59 Å². The molecule has 1 aromatic carbocycles. The number of ether oxygens (including phenoxy) is 1. The molecular weight excluding hydrogens is 308 g/mol. The zero-order valence-corrected chi connectivity index (χ0v) is 13.7. The van der Waals surface area contributed by atoms with Gasteiger partial charge in [-0.1, -0.05) is 18.2 Å². The predicted molar refractivity (Wildman–Crippen MR) is 92.6 cm³/mol. The number of allylic oxidation sites excluding steroid dienone is 1. The highest BCUT2D eigenvalue weighted by Crippen LogP contribution is 2.18. The molecule has 2 N–H and O–H groups in total. The third kappa shape index (κ3) is 4.77. The van der Waals surface area contributed by atoms with Crippen molar-refractivity contribution in [3.05, 3.63) is 35.9 Å². The number of rotatable bonds is 7. The minimum atomic E-state index is -0.329. The zero-order chi connectivity index (χ0) is 17.4. The van der Waals surface area contributed by atoms with Gasteiger partial charge in [-0.15, -0.1) is 0 Å². The molecule has 1 atom stereocenters. The Bertz CT molecular complexity index is 695. The Kier molecular flexibility index (Phi) is 6.24. The molecule has 7 heteroatoms. The van der Waals surface area contributed by atoms with Crippen molar-refractivity contribution in [2.24, 2.45) is 16.1 Å². The van der Waals surface area contributed by atoms with Gasteiger partial charge in [-0.2, -0.15) is 10.2 Å². The lowest BCUT2D eigenvalue weighted by Crippen LogP contribution is -2.25. The third-order valence-electron chi connectivity index (χ3n) is 3.59. The topological polar surface area (TPSA) is 92.1 Å². The summed E-state index contributed by atoms with van der Waals surface area (Å²) in [5.41, 5.74) is 6.44. The maximum atomic E-state index is 11.7. The number of para-hydroxylation sites is 1. The van der Waals surface area contributed by atoms with Gasteiger partial charge in [0.2, 0.25) is 11.8 Å².